The van der Waals surface area contributed by atoms with Crippen LogP contribution >= 0.6 is 11.8 Å². The standard InChI is InChI=1S/C19H13F2N3O2S/c1-10(18(25)24-11-6-7-13(20)14(21)8-11)27-19-17-16(22-9-23-19)12-4-2-3-5-15(12)26-17/h2-10H,1H3,(H,24,25)/t10-/m1/s1. The van der Waals surface area contributed by atoms with Crippen molar-refractivity contribution in [1.82, 2.24) is 9.97 Å². The highest BCUT2D eigenvalue weighted by atomic mass is 32.2. The summed E-state index contributed by atoms with van der Waals surface area (Å²) in [5, 5.41) is 3.42. The van der Waals surface area contributed by atoms with Crippen LogP contribution in [-0.4, -0.2) is 21.1 Å². The van der Waals surface area contributed by atoms with E-state index >= 15 is 0 Å². The molecule has 4 rings (SSSR count). The van der Waals surface area contributed by atoms with Crippen LogP contribution in [0.5, 0.6) is 0 Å². The Kier molecular flexibility index (Phi) is 4.49. The quantitative estimate of drug-likeness (QED) is 0.405. The van der Waals surface area contributed by atoms with Gasteiger partial charge in [-0.3, -0.25) is 4.79 Å². The number of carbonyl (C=O) groups is 1. The lowest BCUT2D eigenvalue weighted by Crippen LogP contribution is -2.22. The average molecular weight is 385 g/mol. The summed E-state index contributed by atoms with van der Waals surface area (Å²) >= 11 is 1.20. The highest BCUT2D eigenvalue weighted by molar-refractivity contribution is 8.00. The first-order chi connectivity index (χ1) is 13.0. The van der Waals surface area contributed by atoms with Crippen molar-refractivity contribution < 1.29 is 18.0 Å². The predicted molar refractivity (Wildman–Crippen MR) is 99.6 cm³/mol. The molecule has 0 saturated carbocycles. The third-order valence-corrected chi connectivity index (χ3v) is 5.05. The van der Waals surface area contributed by atoms with Crippen LogP contribution in [0.15, 0.2) is 58.2 Å². The van der Waals surface area contributed by atoms with Gasteiger partial charge >= 0.3 is 0 Å². The molecule has 1 N–H and O–H groups in total. The zero-order valence-corrected chi connectivity index (χ0v) is 14.9. The highest BCUT2D eigenvalue weighted by Crippen LogP contribution is 2.34. The van der Waals surface area contributed by atoms with Gasteiger partial charge in [0.25, 0.3) is 0 Å². The van der Waals surface area contributed by atoms with Gasteiger partial charge in [0.05, 0.1) is 5.25 Å². The lowest BCUT2D eigenvalue weighted by molar-refractivity contribution is -0.115. The Morgan fingerprint density at radius 1 is 1.15 bits per heavy atom. The minimum atomic E-state index is -1.02. The molecule has 0 fully saturated rings. The zero-order valence-electron chi connectivity index (χ0n) is 14.1. The van der Waals surface area contributed by atoms with Gasteiger partial charge in [0.1, 0.15) is 22.5 Å². The van der Waals surface area contributed by atoms with Gasteiger partial charge < -0.3 is 9.73 Å². The molecule has 1 atom stereocenters. The van der Waals surface area contributed by atoms with E-state index in [1.165, 1.54) is 24.2 Å². The summed E-state index contributed by atoms with van der Waals surface area (Å²) in [6, 6.07) is 10.7. The number of amides is 1. The van der Waals surface area contributed by atoms with Crippen molar-refractivity contribution in [3.8, 4) is 0 Å². The molecule has 0 unspecified atom stereocenters. The van der Waals surface area contributed by atoms with Crippen LogP contribution in [0.3, 0.4) is 0 Å². The van der Waals surface area contributed by atoms with E-state index in [0.717, 1.165) is 17.5 Å². The fourth-order valence-electron chi connectivity index (χ4n) is 2.63. The highest BCUT2D eigenvalue weighted by Gasteiger charge is 2.20. The smallest absolute Gasteiger partial charge is 0.237 e. The van der Waals surface area contributed by atoms with Crippen molar-refractivity contribution in [2.75, 3.05) is 5.32 Å². The number of aromatic nitrogens is 2. The normalized spacial score (nSPS) is 12.4. The fourth-order valence-corrected chi connectivity index (χ4v) is 3.48. The number of rotatable bonds is 4. The minimum Gasteiger partial charge on any atom is -0.451 e. The second-order valence-electron chi connectivity index (χ2n) is 5.83. The summed E-state index contributed by atoms with van der Waals surface area (Å²) in [7, 11) is 0. The molecule has 0 aliphatic rings. The maximum Gasteiger partial charge on any atom is 0.237 e. The second kappa shape index (κ2) is 6.96. The van der Waals surface area contributed by atoms with Crippen molar-refractivity contribution in [1.29, 1.82) is 0 Å². The monoisotopic (exact) mass is 385 g/mol. The molecule has 4 aromatic rings. The summed E-state index contributed by atoms with van der Waals surface area (Å²) in [4.78, 5) is 20.9. The molecular weight excluding hydrogens is 372 g/mol. The van der Waals surface area contributed by atoms with Gasteiger partial charge in [-0.2, -0.15) is 0 Å². The molecule has 0 aliphatic carbocycles. The second-order valence-corrected chi connectivity index (χ2v) is 7.16. The Bertz CT molecular complexity index is 1160. The molecule has 0 saturated heterocycles. The van der Waals surface area contributed by atoms with Crippen LogP contribution in [0.4, 0.5) is 14.5 Å². The molecule has 136 valence electrons. The lowest BCUT2D eigenvalue weighted by Gasteiger charge is -2.11. The Labute approximate surface area is 156 Å². The molecule has 0 bridgehead atoms. The average Bonchev–Trinajstić information content (AvgIpc) is 3.04. The Morgan fingerprint density at radius 2 is 1.96 bits per heavy atom. The lowest BCUT2D eigenvalue weighted by atomic mass is 10.2. The number of thioether (sulfide) groups is 1. The zero-order chi connectivity index (χ0) is 19.0. The Morgan fingerprint density at radius 3 is 2.78 bits per heavy atom. The van der Waals surface area contributed by atoms with E-state index in [-0.39, 0.29) is 11.6 Å². The molecule has 1 amide bonds. The summed E-state index contributed by atoms with van der Waals surface area (Å²) < 4.78 is 32.1. The number of anilines is 1. The van der Waals surface area contributed by atoms with E-state index in [1.54, 1.807) is 6.92 Å². The number of hydrogen-bond acceptors (Lipinski definition) is 5. The number of hydrogen-bond donors (Lipinski definition) is 1. The number of nitrogens with zero attached hydrogens (tertiary/aromatic N) is 2. The molecule has 27 heavy (non-hydrogen) atoms. The van der Waals surface area contributed by atoms with Crippen molar-refractivity contribution in [2.24, 2.45) is 0 Å². The van der Waals surface area contributed by atoms with E-state index in [2.05, 4.69) is 15.3 Å². The van der Waals surface area contributed by atoms with Crippen molar-refractivity contribution in [3.63, 3.8) is 0 Å². The fraction of sp³-hybridized carbons (Fsp3) is 0.105. The van der Waals surface area contributed by atoms with Gasteiger partial charge in [0.2, 0.25) is 5.91 Å². The molecule has 8 heteroatoms. The van der Waals surface area contributed by atoms with E-state index in [9.17, 15) is 13.6 Å². The third kappa shape index (κ3) is 3.35. The summed E-state index contributed by atoms with van der Waals surface area (Å²) in [6.45, 7) is 1.69. The molecule has 0 radical (unpaired) electrons. The summed E-state index contributed by atoms with van der Waals surface area (Å²) in [5.41, 5.74) is 2.06. The first-order valence-electron chi connectivity index (χ1n) is 8.08. The number of fused-ring (bicyclic) bond motifs is 3. The van der Waals surface area contributed by atoms with Crippen molar-refractivity contribution in [3.05, 3.63) is 60.4 Å². The van der Waals surface area contributed by atoms with Crippen LogP contribution in [0.25, 0.3) is 22.1 Å². The van der Waals surface area contributed by atoms with Gasteiger partial charge in [-0.15, -0.1) is 0 Å². The molecule has 5 nitrogen and oxygen atoms in total. The van der Waals surface area contributed by atoms with Crippen LogP contribution in [0.2, 0.25) is 0 Å². The van der Waals surface area contributed by atoms with Crippen molar-refractivity contribution >= 4 is 45.4 Å². The van der Waals surface area contributed by atoms with Gasteiger partial charge in [-0.05, 0) is 31.2 Å². The van der Waals surface area contributed by atoms with Gasteiger partial charge in [-0.25, -0.2) is 18.7 Å². The predicted octanol–water partition coefficient (Wildman–Crippen LogP) is 4.77. The molecular formula is C19H13F2N3O2S. The number of furan rings is 1. The molecule has 2 aromatic carbocycles. The largest absolute Gasteiger partial charge is 0.451 e. The van der Waals surface area contributed by atoms with E-state index < -0.39 is 16.9 Å². The maximum atomic E-state index is 13.3. The third-order valence-electron chi connectivity index (χ3n) is 3.97. The molecule has 0 spiro atoms. The van der Waals surface area contributed by atoms with Gasteiger partial charge in [-0.1, -0.05) is 23.9 Å². The number of benzene rings is 2. The first-order valence-corrected chi connectivity index (χ1v) is 8.95. The first kappa shape index (κ1) is 17.4. The summed E-state index contributed by atoms with van der Waals surface area (Å²) in [5.74, 6) is -2.36. The molecule has 0 aliphatic heterocycles. The van der Waals surface area contributed by atoms with E-state index in [4.69, 9.17) is 4.42 Å². The van der Waals surface area contributed by atoms with E-state index in [1.807, 2.05) is 24.3 Å². The van der Waals surface area contributed by atoms with E-state index in [0.29, 0.717) is 21.7 Å². The van der Waals surface area contributed by atoms with Gasteiger partial charge in [0.15, 0.2) is 17.2 Å². The van der Waals surface area contributed by atoms with Crippen LogP contribution in [0.1, 0.15) is 6.92 Å². The van der Waals surface area contributed by atoms with Crippen LogP contribution in [0, 0.1) is 11.6 Å². The Hall–Kier alpha value is -3.00. The van der Waals surface area contributed by atoms with Crippen LogP contribution in [-0.2, 0) is 4.79 Å². The molecule has 2 aromatic heterocycles. The number of nitrogens with one attached hydrogen (secondary N) is 1. The Balaban J connectivity index is 1.57. The molecule has 2 heterocycles. The maximum absolute atomic E-state index is 13.3. The number of para-hydroxylation sites is 1. The topological polar surface area (TPSA) is 68.0 Å². The minimum absolute atomic E-state index is 0.183. The number of halogens is 2. The SMILES string of the molecule is C[C@@H](Sc1ncnc2c1oc1ccccc12)C(=O)Nc1ccc(F)c(F)c1. The van der Waals surface area contributed by atoms with Crippen molar-refractivity contribution in [2.45, 2.75) is 17.2 Å². The summed E-state index contributed by atoms with van der Waals surface area (Å²) in [6.07, 6.45) is 1.42. The van der Waals surface area contributed by atoms with Crippen LogP contribution < -0.4 is 5.32 Å². The van der Waals surface area contributed by atoms with Gasteiger partial charge in [0, 0.05) is 17.1 Å². The number of carbonyl (C=O) groups excluding carboxylic acids is 1.